The van der Waals surface area contributed by atoms with Crippen molar-refractivity contribution < 1.29 is 19.1 Å². The van der Waals surface area contributed by atoms with Gasteiger partial charge in [0.2, 0.25) is 0 Å². The van der Waals surface area contributed by atoms with E-state index in [0.717, 1.165) is 32.8 Å². The maximum Gasteiger partial charge on any atom is 0.317 e. The van der Waals surface area contributed by atoms with Crippen LogP contribution in [-0.2, 0) is 9.47 Å². The molecule has 2 aliphatic heterocycles. The average Bonchev–Trinajstić information content (AvgIpc) is 2.81. The second-order valence-corrected chi connectivity index (χ2v) is 7.48. The van der Waals surface area contributed by atoms with Crippen LogP contribution in [-0.4, -0.2) is 105 Å². The van der Waals surface area contributed by atoms with Gasteiger partial charge in [0.25, 0.3) is 5.91 Å². The molecule has 3 rings (SSSR count). The highest BCUT2D eigenvalue weighted by Crippen LogP contribution is 2.12. The molecule has 0 spiro atoms. The van der Waals surface area contributed by atoms with Crippen LogP contribution in [0.4, 0.5) is 4.79 Å². The van der Waals surface area contributed by atoms with Gasteiger partial charge in [-0.15, -0.1) is 6.58 Å². The van der Waals surface area contributed by atoms with Crippen LogP contribution in [0.3, 0.4) is 0 Å². The van der Waals surface area contributed by atoms with E-state index in [-0.39, 0.29) is 18.0 Å². The Kier molecular flexibility index (Phi) is 8.67. The number of amides is 3. The fraction of sp³-hybridized carbons (Fsp3) is 0.545. The molecule has 1 atom stereocenters. The number of hydrogen-bond donors (Lipinski definition) is 1. The van der Waals surface area contributed by atoms with E-state index < -0.39 is 0 Å². The fourth-order valence-electron chi connectivity index (χ4n) is 3.66. The molecule has 3 amide bonds. The Labute approximate surface area is 178 Å². The number of morpholine rings is 2. The Bertz CT molecular complexity index is 694. The van der Waals surface area contributed by atoms with Crippen LogP contribution in [0.15, 0.2) is 43.0 Å². The van der Waals surface area contributed by atoms with E-state index in [9.17, 15) is 9.59 Å². The van der Waals surface area contributed by atoms with Crippen LogP contribution in [0, 0.1) is 0 Å². The topological polar surface area (TPSA) is 74.4 Å². The first-order chi connectivity index (χ1) is 14.7. The minimum Gasteiger partial charge on any atom is -0.379 e. The highest BCUT2D eigenvalue weighted by atomic mass is 16.5. The number of urea groups is 1. The lowest BCUT2D eigenvalue weighted by Gasteiger charge is -2.36. The number of hydrogen-bond acceptors (Lipinski definition) is 5. The molecule has 2 aliphatic rings. The second kappa shape index (κ2) is 11.7. The Hall–Kier alpha value is -2.42. The van der Waals surface area contributed by atoms with E-state index in [1.54, 1.807) is 11.0 Å². The van der Waals surface area contributed by atoms with E-state index in [0.29, 0.717) is 44.9 Å². The van der Waals surface area contributed by atoms with Gasteiger partial charge in [-0.2, -0.15) is 0 Å². The lowest BCUT2D eigenvalue weighted by molar-refractivity contribution is -0.0295. The fourth-order valence-corrected chi connectivity index (χ4v) is 3.66. The minimum absolute atomic E-state index is 0.0132. The third-order valence-corrected chi connectivity index (χ3v) is 5.35. The summed E-state index contributed by atoms with van der Waals surface area (Å²) >= 11 is 0. The predicted octanol–water partition coefficient (Wildman–Crippen LogP) is 1.06. The van der Waals surface area contributed by atoms with Gasteiger partial charge in [-0.05, 0) is 12.1 Å². The molecule has 0 radical (unpaired) electrons. The number of ether oxygens (including phenoxy) is 2. The first-order valence-corrected chi connectivity index (χ1v) is 10.6. The lowest BCUT2D eigenvalue weighted by Crippen LogP contribution is -2.53. The highest BCUT2D eigenvalue weighted by Gasteiger charge is 2.28. The number of benzene rings is 1. The van der Waals surface area contributed by atoms with Crippen LogP contribution in [0.2, 0.25) is 0 Å². The van der Waals surface area contributed by atoms with Gasteiger partial charge in [0.1, 0.15) is 0 Å². The number of rotatable bonds is 8. The standard InChI is InChI=1S/C22H32N4O4/c1-2-8-23-22(28)26-13-16-30-20(18-26)17-25(10-9-24-11-14-29-15-12-24)21(27)19-6-4-3-5-7-19/h2-7,20H,1,8-18H2,(H,23,28). The molecule has 164 valence electrons. The molecule has 8 nitrogen and oxygen atoms in total. The summed E-state index contributed by atoms with van der Waals surface area (Å²) in [6.45, 7) is 10.6. The first kappa shape index (κ1) is 22.3. The Morgan fingerprint density at radius 2 is 1.93 bits per heavy atom. The summed E-state index contributed by atoms with van der Waals surface area (Å²) in [5, 5.41) is 2.81. The Balaban J connectivity index is 1.62. The molecule has 0 aliphatic carbocycles. The van der Waals surface area contributed by atoms with Crippen molar-refractivity contribution in [2.24, 2.45) is 0 Å². The van der Waals surface area contributed by atoms with Gasteiger partial charge in [0.05, 0.1) is 32.5 Å². The van der Waals surface area contributed by atoms with E-state index in [4.69, 9.17) is 9.47 Å². The second-order valence-electron chi connectivity index (χ2n) is 7.48. The van der Waals surface area contributed by atoms with Crippen molar-refractivity contribution in [1.82, 2.24) is 20.0 Å². The van der Waals surface area contributed by atoms with E-state index in [1.165, 1.54) is 0 Å². The van der Waals surface area contributed by atoms with Gasteiger partial charge in [0.15, 0.2) is 0 Å². The summed E-state index contributed by atoms with van der Waals surface area (Å²) in [5.74, 6) is -0.0132. The Morgan fingerprint density at radius 1 is 1.17 bits per heavy atom. The zero-order valence-electron chi connectivity index (χ0n) is 17.5. The number of carbonyl (C=O) groups is 2. The van der Waals surface area contributed by atoms with Crippen LogP contribution < -0.4 is 5.32 Å². The van der Waals surface area contributed by atoms with Crippen molar-refractivity contribution in [2.75, 3.05) is 72.2 Å². The van der Waals surface area contributed by atoms with Crippen molar-refractivity contribution in [1.29, 1.82) is 0 Å². The van der Waals surface area contributed by atoms with Gasteiger partial charge in [-0.1, -0.05) is 24.3 Å². The molecule has 0 saturated carbocycles. The quantitative estimate of drug-likeness (QED) is 0.642. The molecule has 1 unspecified atom stereocenters. The average molecular weight is 417 g/mol. The lowest BCUT2D eigenvalue weighted by atomic mass is 10.1. The third kappa shape index (κ3) is 6.55. The number of nitrogens with one attached hydrogen (secondary N) is 1. The normalized spacial score (nSPS) is 19.9. The maximum absolute atomic E-state index is 13.2. The molecule has 8 heteroatoms. The van der Waals surface area contributed by atoms with E-state index in [1.807, 2.05) is 35.2 Å². The van der Waals surface area contributed by atoms with Gasteiger partial charge in [-0.25, -0.2) is 4.79 Å². The van der Waals surface area contributed by atoms with Crippen LogP contribution in [0.5, 0.6) is 0 Å². The minimum atomic E-state index is -0.217. The molecule has 0 aromatic heterocycles. The predicted molar refractivity (Wildman–Crippen MR) is 115 cm³/mol. The van der Waals surface area contributed by atoms with Crippen LogP contribution in [0.25, 0.3) is 0 Å². The van der Waals surface area contributed by atoms with Gasteiger partial charge in [-0.3, -0.25) is 9.69 Å². The molecule has 0 bridgehead atoms. The maximum atomic E-state index is 13.2. The van der Waals surface area contributed by atoms with Crippen molar-refractivity contribution in [3.05, 3.63) is 48.6 Å². The van der Waals surface area contributed by atoms with Crippen molar-refractivity contribution >= 4 is 11.9 Å². The van der Waals surface area contributed by atoms with Gasteiger partial charge < -0.3 is 24.6 Å². The van der Waals surface area contributed by atoms with Crippen molar-refractivity contribution in [3.63, 3.8) is 0 Å². The summed E-state index contributed by atoms with van der Waals surface area (Å²) in [5.41, 5.74) is 0.663. The van der Waals surface area contributed by atoms with Crippen molar-refractivity contribution in [2.45, 2.75) is 6.10 Å². The SMILES string of the molecule is C=CCNC(=O)N1CCOC(CN(CCN2CCOCC2)C(=O)c2ccccc2)C1. The molecule has 2 saturated heterocycles. The Morgan fingerprint density at radius 3 is 2.67 bits per heavy atom. The van der Waals surface area contributed by atoms with Crippen LogP contribution in [0.1, 0.15) is 10.4 Å². The third-order valence-electron chi connectivity index (χ3n) is 5.35. The molecule has 30 heavy (non-hydrogen) atoms. The molecular formula is C22H32N4O4. The number of carbonyl (C=O) groups excluding carboxylic acids is 2. The van der Waals surface area contributed by atoms with E-state index in [2.05, 4.69) is 16.8 Å². The molecule has 2 fully saturated rings. The van der Waals surface area contributed by atoms with Crippen LogP contribution >= 0.6 is 0 Å². The summed E-state index contributed by atoms with van der Waals surface area (Å²) < 4.78 is 11.3. The highest BCUT2D eigenvalue weighted by molar-refractivity contribution is 5.94. The molecule has 1 aromatic carbocycles. The van der Waals surface area contributed by atoms with E-state index >= 15 is 0 Å². The monoisotopic (exact) mass is 416 g/mol. The number of nitrogens with zero attached hydrogens (tertiary/aromatic N) is 3. The molecule has 1 N–H and O–H groups in total. The summed E-state index contributed by atoms with van der Waals surface area (Å²) in [6.07, 6.45) is 1.44. The molecule has 1 aromatic rings. The zero-order chi connectivity index (χ0) is 21.2. The first-order valence-electron chi connectivity index (χ1n) is 10.6. The molecule has 2 heterocycles. The summed E-state index contributed by atoms with van der Waals surface area (Å²) in [6, 6.07) is 9.18. The summed E-state index contributed by atoms with van der Waals surface area (Å²) in [7, 11) is 0. The smallest absolute Gasteiger partial charge is 0.317 e. The summed E-state index contributed by atoms with van der Waals surface area (Å²) in [4.78, 5) is 31.4. The molecular weight excluding hydrogens is 384 g/mol. The van der Waals surface area contributed by atoms with Crippen molar-refractivity contribution in [3.8, 4) is 0 Å². The largest absolute Gasteiger partial charge is 0.379 e. The van der Waals surface area contributed by atoms with Gasteiger partial charge in [0, 0.05) is 51.4 Å². The van der Waals surface area contributed by atoms with Gasteiger partial charge >= 0.3 is 6.03 Å². The zero-order valence-corrected chi connectivity index (χ0v) is 17.5.